The minimum atomic E-state index is -1.06. The van der Waals surface area contributed by atoms with Crippen LogP contribution < -0.4 is 5.73 Å². The molecule has 16 heavy (non-hydrogen) atoms. The van der Waals surface area contributed by atoms with E-state index in [1.54, 1.807) is 0 Å². The van der Waals surface area contributed by atoms with Crippen molar-refractivity contribution < 1.29 is 13.9 Å². The van der Waals surface area contributed by atoms with Crippen LogP contribution in [0.3, 0.4) is 0 Å². The zero-order chi connectivity index (χ0) is 11.9. The molecule has 0 amide bonds. The smallest absolute Gasteiger partial charge is 0.176 e. The Hall–Kier alpha value is -0.680. The summed E-state index contributed by atoms with van der Waals surface area (Å²) in [6, 6.07) is 1.03. The molecule has 3 N–H and O–H groups in total. The standard InChI is InChI=1S/C11H12BrF2NO/c12-8-9(14)7(13)5-6(10(8)16)1-2-11(15)3-4-11/h5,16H,1-4,15H2. The number of hydrogen-bond acceptors (Lipinski definition) is 2. The number of phenolic OH excluding ortho intramolecular Hbond substituents is 1. The van der Waals surface area contributed by atoms with Crippen LogP contribution in [0, 0.1) is 11.6 Å². The number of nitrogens with two attached hydrogens (primary N) is 1. The lowest BCUT2D eigenvalue weighted by Gasteiger charge is -2.11. The van der Waals surface area contributed by atoms with Crippen molar-refractivity contribution in [2.24, 2.45) is 5.73 Å². The number of hydrogen-bond donors (Lipinski definition) is 2. The van der Waals surface area contributed by atoms with Crippen molar-refractivity contribution in [3.63, 3.8) is 0 Å². The highest BCUT2D eigenvalue weighted by Crippen LogP contribution is 2.39. The SMILES string of the molecule is NC1(CCc2cc(F)c(F)c(Br)c2O)CC1. The largest absolute Gasteiger partial charge is 0.506 e. The van der Waals surface area contributed by atoms with E-state index < -0.39 is 11.6 Å². The molecule has 0 atom stereocenters. The molecule has 88 valence electrons. The maximum Gasteiger partial charge on any atom is 0.176 e. The number of phenols is 1. The van der Waals surface area contributed by atoms with E-state index in [1.807, 2.05) is 0 Å². The van der Waals surface area contributed by atoms with Crippen LogP contribution in [-0.4, -0.2) is 10.6 Å². The summed E-state index contributed by atoms with van der Waals surface area (Å²) in [5.41, 5.74) is 6.12. The first kappa shape index (κ1) is 11.8. The minimum absolute atomic E-state index is 0.163. The Morgan fingerprint density at radius 2 is 2.06 bits per heavy atom. The fourth-order valence-electron chi connectivity index (χ4n) is 1.62. The van der Waals surface area contributed by atoms with Crippen molar-refractivity contribution in [2.45, 2.75) is 31.2 Å². The Morgan fingerprint density at radius 1 is 1.44 bits per heavy atom. The minimum Gasteiger partial charge on any atom is -0.506 e. The first-order chi connectivity index (χ1) is 7.43. The van der Waals surface area contributed by atoms with E-state index in [1.165, 1.54) is 0 Å². The van der Waals surface area contributed by atoms with Gasteiger partial charge in [-0.05, 0) is 53.2 Å². The molecule has 1 aliphatic carbocycles. The zero-order valence-electron chi connectivity index (χ0n) is 8.56. The summed E-state index contributed by atoms with van der Waals surface area (Å²) in [5, 5.41) is 9.63. The van der Waals surface area contributed by atoms with Crippen molar-refractivity contribution in [2.75, 3.05) is 0 Å². The number of aryl methyl sites for hydroxylation is 1. The fraction of sp³-hybridized carbons (Fsp3) is 0.455. The molecule has 1 fully saturated rings. The Balaban J connectivity index is 2.20. The highest BCUT2D eigenvalue weighted by atomic mass is 79.9. The van der Waals surface area contributed by atoms with Gasteiger partial charge in [-0.1, -0.05) is 0 Å². The molecule has 2 nitrogen and oxygen atoms in total. The quantitative estimate of drug-likeness (QED) is 0.841. The molecule has 1 aromatic rings. The summed E-state index contributed by atoms with van der Waals surface area (Å²) in [4.78, 5) is 0. The molecule has 0 aromatic heterocycles. The molecule has 0 aliphatic heterocycles. The predicted molar refractivity (Wildman–Crippen MR) is 60.2 cm³/mol. The van der Waals surface area contributed by atoms with Gasteiger partial charge in [-0.3, -0.25) is 0 Å². The van der Waals surface area contributed by atoms with Crippen LogP contribution in [-0.2, 0) is 6.42 Å². The van der Waals surface area contributed by atoms with Gasteiger partial charge in [0.05, 0.1) is 4.47 Å². The lowest BCUT2D eigenvalue weighted by Crippen LogP contribution is -2.22. The van der Waals surface area contributed by atoms with Crippen LogP contribution >= 0.6 is 15.9 Å². The highest BCUT2D eigenvalue weighted by Gasteiger charge is 2.37. The van der Waals surface area contributed by atoms with E-state index in [9.17, 15) is 13.9 Å². The second-order valence-corrected chi connectivity index (χ2v) is 5.15. The summed E-state index contributed by atoms with van der Waals surface area (Å²) >= 11 is 2.82. The van der Waals surface area contributed by atoms with Crippen molar-refractivity contribution in [3.8, 4) is 5.75 Å². The molecular formula is C11H12BrF2NO. The number of aromatic hydroxyl groups is 1. The molecule has 0 bridgehead atoms. The summed E-state index contributed by atoms with van der Waals surface area (Å²) in [6.45, 7) is 0. The molecule has 0 unspecified atom stereocenters. The molecule has 2 rings (SSSR count). The van der Waals surface area contributed by atoms with Gasteiger partial charge >= 0.3 is 0 Å². The molecule has 5 heteroatoms. The number of halogens is 3. The third kappa shape index (κ3) is 2.20. The first-order valence-electron chi connectivity index (χ1n) is 5.07. The maximum absolute atomic E-state index is 13.1. The molecule has 0 spiro atoms. The third-order valence-corrected chi connectivity index (χ3v) is 3.72. The van der Waals surface area contributed by atoms with Gasteiger partial charge in [-0.15, -0.1) is 0 Å². The van der Waals surface area contributed by atoms with Gasteiger partial charge in [-0.2, -0.15) is 0 Å². The zero-order valence-corrected chi connectivity index (χ0v) is 10.2. The van der Waals surface area contributed by atoms with E-state index in [0.717, 1.165) is 18.9 Å². The second-order valence-electron chi connectivity index (χ2n) is 4.36. The van der Waals surface area contributed by atoms with Crippen molar-refractivity contribution in [1.29, 1.82) is 0 Å². The van der Waals surface area contributed by atoms with Gasteiger partial charge in [0.1, 0.15) is 5.75 Å². The average Bonchev–Trinajstić information content (AvgIpc) is 2.98. The van der Waals surface area contributed by atoms with E-state index in [4.69, 9.17) is 5.73 Å². The topological polar surface area (TPSA) is 46.2 Å². The van der Waals surface area contributed by atoms with E-state index >= 15 is 0 Å². The molecule has 1 aromatic carbocycles. The summed E-state index contributed by atoms with van der Waals surface area (Å²) in [6.07, 6.45) is 3.05. The molecular weight excluding hydrogens is 280 g/mol. The fourth-order valence-corrected chi connectivity index (χ4v) is 2.06. The van der Waals surface area contributed by atoms with Gasteiger partial charge in [0.2, 0.25) is 0 Å². The summed E-state index contributed by atoms with van der Waals surface area (Å²) in [7, 11) is 0. The van der Waals surface area contributed by atoms with E-state index in [0.29, 0.717) is 18.4 Å². The van der Waals surface area contributed by atoms with Crippen LogP contribution in [0.5, 0.6) is 5.75 Å². The van der Waals surface area contributed by atoms with Crippen LogP contribution in [0.2, 0.25) is 0 Å². The first-order valence-corrected chi connectivity index (χ1v) is 5.86. The molecule has 0 saturated heterocycles. The van der Waals surface area contributed by atoms with Crippen molar-refractivity contribution in [1.82, 2.24) is 0 Å². The monoisotopic (exact) mass is 291 g/mol. The van der Waals surface area contributed by atoms with Crippen molar-refractivity contribution in [3.05, 3.63) is 27.7 Å². The van der Waals surface area contributed by atoms with Crippen LogP contribution in [0.1, 0.15) is 24.8 Å². The lowest BCUT2D eigenvalue weighted by molar-refractivity contribution is 0.438. The van der Waals surface area contributed by atoms with Gasteiger partial charge in [0, 0.05) is 5.54 Å². The molecule has 0 radical (unpaired) electrons. The van der Waals surface area contributed by atoms with Crippen molar-refractivity contribution >= 4 is 15.9 Å². The van der Waals surface area contributed by atoms with E-state index in [-0.39, 0.29) is 15.8 Å². The van der Waals surface area contributed by atoms with Crippen LogP contribution in [0.25, 0.3) is 0 Å². The highest BCUT2D eigenvalue weighted by molar-refractivity contribution is 9.10. The molecule has 1 aliphatic rings. The van der Waals surface area contributed by atoms with Crippen LogP contribution in [0.15, 0.2) is 10.5 Å². The predicted octanol–water partition coefficient (Wildman–Crippen LogP) is 2.86. The van der Waals surface area contributed by atoms with E-state index in [2.05, 4.69) is 15.9 Å². The summed E-state index contributed by atoms with van der Waals surface area (Å²) < 4.78 is 25.9. The number of rotatable bonds is 3. The third-order valence-electron chi connectivity index (χ3n) is 3.00. The van der Waals surface area contributed by atoms with Gasteiger partial charge in [0.15, 0.2) is 11.6 Å². The maximum atomic E-state index is 13.1. The Kier molecular flexibility index (Phi) is 2.92. The normalized spacial score (nSPS) is 17.5. The average molecular weight is 292 g/mol. The molecule has 1 saturated carbocycles. The van der Waals surface area contributed by atoms with Gasteiger partial charge < -0.3 is 10.8 Å². The Bertz CT molecular complexity index is 432. The Labute approximate surface area is 101 Å². The summed E-state index contributed by atoms with van der Waals surface area (Å²) in [5.74, 6) is -2.25. The molecule has 0 heterocycles. The lowest BCUT2D eigenvalue weighted by atomic mass is 10.0. The Morgan fingerprint density at radius 3 is 2.62 bits per heavy atom. The van der Waals surface area contributed by atoms with Gasteiger partial charge in [0.25, 0.3) is 0 Å². The number of benzene rings is 1. The van der Waals surface area contributed by atoms with Crippen LogP contribution in [0.4, 0.5) is 8.78 Å². The second kappa shape index (κ2) is 3.96. The van der Waals surface area contributed by atoms with Gasteiger partial charge in [-0.25, -0.2) is 8.78 Å².